The van der Waals surface area contributed by atoms with Crippen LogP contribution in [0, 0.1) is 17.7 Å². The summed E-state index contributed by atoms with van der Waals surface area (Å²) in [5.74, 6) is 0.0179. The van der Waals surface area contributed by atoms with Crippen molar-refractivity contribution in [3.63, 3.8) is 0 Å². The number of carbonyl (C=O) groups excluding carboxylic acids is 1. The molecule has 0 aliphatic heterocycles. The first-order valence-electron chi connectivity index (χ1n) is 6.55. The van der Waals surface area contributed by atoms with Crippen LogP contribution in [0.25, 0.3) is 0 Å². The van der Waals surface area contributed by atoms with Crippen LogP contribution >= 0.6 is 11.6 Å². The Morgan fingerprint density at radius 2 is 2.00 bits per heavy atom. The van der Waals surface area contributed by atoms with Gasteiger partial charge < -0.3 is 11.1 Å². The fourth-order valence-electron chi connectivity index (χ4n) is 2.53. The highest BCUT2D eigenvalue weighted by atomic mass is 35.5. The van der Waals surface area contributed by atoms with Crippen molar-refractivity contribution in [2.45, 2.75) is 25.7 Å². The highest BCUT2D eigenvalue weighted by Crippen LogP contribution is 2.29. The van der Waals surface area contributed by atoms with Gasteiger partial charge in [0.15, 0.2) is 0 Å². The molecule has 19 heavy (non-hydrogen) atoms. The predicted molar refractivity (Wildman–Crippen MR) is 74.5 cm³/mol. The molecule has 0 bridgehead atoms. The molecule has 1 saturated carbocycles. The lowest BCUT2D eigenvalue weighted by Crippen LogP contribution is -2.29. The molecule has 104 valence electrons. The number of nitrogens with two attached hydrogens (primary N) is 1. The molecule has 0 saturated heterocycles. The van der Waals surface area contributed by atoms with E-state index in [2.05, 4.69) is 5.32 Å². The van der Waals surface area contributed by atoms with Crippen LogP contribution in [0.4, 0.5) is 10.1 Å². The SMILES string of the molecule is NCC1CCC(C(=O)Nc2cc(F)cc(Cl)c2)CC1. The molecular formula is C14H18ClFN2O. The van der Waals surface area contributed by atoms with Crippen LogP contribution in [0.3, 0.4) is 0 Å². The Labute approximate surface area is 117 Å². The molecule has 5 heteroatoms. The summed E-state index contributed by atoms with van der Waals surface area (Å²) in [7, 11) is 0. The van der Waals surface area contributed by atoms with Crippen molar-refractivity contribution in [3.8, 4) is 0 Å². The second-order valence-electron chi connectivity index (χ2n) is 5.10. The monoisotopic (exact) mass is 284 g/mol. The molecule has 0 radical (unpaired) electrons. The van der Waals surface area contributed by atoms with Gasteiger partial charge >= 0.3 is 0 Å². The van der Waals surface area contributed by atoms with E-state index in [1.54, 1.807) is 6.07 Å². The molecule has 0 atom stereocenters. The minimum atomic E-state index is -0.449. The molecule has 1 aromatic rings. The van der Waals surface area contributed by atoms with E-state index >= 15 is 0 Å². The molecule has 1 fully saturated rings. The lowest BCUT2D eigenvalue weighted by atomic mass is 9.81. The van der Waals surface area contributed by atoms with Crippen molar-refractivity contribution in [1.29, 1.82) is 0 Å². The first-order valence-corrected chi connectivity index (χ1v) is 6.93. The molecule has 0 spiro atoms. The number of anilines is 1. The number of benzene rings is 1. The van der Waals surface area contributed by atoms with Gasteiger partial charge in [0.2, 0.25) is 5.91 Å². The molecular weight excluding hydrogens is 267 g/mol. The Bertz CT molecular complexity index is 439. The van der Waals surface area contributed by atoms with Crippen LogP contribution < -0.4 is 11.1 Å². The quantitative estimate of drug-likeness (QED) is 0.896. The van der Waals surface area contributed by atoms with Gasteiger partial charge in [0.25, 0.3) is 0 Å². The maximum absolute atomic E-state index is 13.2. The lowest BCUT2D eigenvalue weighted by molar-refractivity contribution is -0.121. The van der Waals surface area contributed by atoms with E-state index in [0.717, 1.165) is 25.7 Å². The first kappa shape index (κ1) is 14.3. The van der Waals surface area contributed by atoms with Crippen LogP contribution in [-0.2, 0) is 4.79 Å². The first-order chi connectivity index (χ1) is 9.08. The zero-order valence-corrected chi connectivity index (χ0v) is 11.4. The smallest absolute Gasteiger partial charge is 0.227 e. The molecule has 0 heterocycles. The molecule has 3 N–H and O–H groups in total. The molecule has 1 aliphatic rings. The Morgan fingerprint density at radius 3 is 2.58 bits per heavy atom. The van der Waals surface area contributed by atoms with Crippen molar-refractivity contribution in [1.82, 2.24) is 0 Å². The Kier molecular flexibility index (Phi) is 4.77. The Balaban J connectivity index is 1.94. The molecule has 0 unspecified atom stereocenters. The van der Waals surface area contributed by atoms with Crippen LogP contribution in [0.5, 0.6) is 0 Å². The number of hydrogen-bond donors (Lipinski definition) is 2. The van der Waals surface area contributed by atoms with E-state index in [1.807, 2.05) is 0 Å². The lowest BCUT2D eigenvalue weighted by Gasteiger charge is -2.26. The summed E-state index contributed by atoms with van der Waals surface area (Å²) >= 11 is 5.75. The van der Waals surface area contributed by atoms with Gasteiger partial charge in [-0.15, -0.1) is 0 Å². The van der Waals surface area contributed by atoms with Gasteiger partial charge in [0, 0.05) is 16.6 Å². The van der Waals surface area contributed by atoms with Gasteiger partial charge in [0.05, 0.1) is 0 Å². The third kappa shape index (κ3) is 3.91. The maximum Gasteiger partial charge on any atom is 0.227 e. The van der Waals surface area contributed by atoms with Gasteiger partial charge in [-0.25, -0.2) is 4.39 Å². The Hall–Kier alpha value is -1.13. The minimum Gasteiger partial charge on any atom is -0.330 e. The average molecular weight is 285 g/mol. The number of carbonyl (C=O) groups is 1. The normalized spacial score (nSPS) is 23.1. The van der Waals surface area contributed by atoms with Crippen molar-refractivity contribution in [2.75, 3.05) is 11.9 Å². The number of halogens is 2. The van der Waals surface area contributed by atoms with Crippen molar-refractivity contribution in [2.24, 2.45) is 17.6 Å². The molecule has 3 nitrogen and oxygen atoms in total. The maximum atomic E-state index is 13.2. The van der Waals surface area contributed by atoms with E-state index in [1.165, 1.54) is 12.1 Å². The van der Waals surface area contributed by atoms with E-state index in [4.69, 9.17) is 17.3 Å². The summed E-state index contributed by atoms with van der Waals surface area (Å²) in [6, 6.07) is 4.03. The van der Waals surface area contributed by atoms with Gasteiger partial charge in [-0.05, 0) is 56.3 Å². The summed E-state index contributed by atoms with van der Waals surface area (Å²) in [6.45, 7) is 0.688. The molecule has 1 aliphatic carbocycles. The largest absolute Gasteiger partial charge is 0.330 e. The van der Waals surface area contributed by atoms with Gasteiger partial charge in [-0.2, -0.15) is 0 Å². The zero-order chi connectivity index (χ0) is 13.8. The third-order valence-corrected chi connectivity index (χ3v) is 3.90. The predicted octanol–water partition coefficient (Wildman–Crippen LogP) is 3.18. The van der Waals surface area contributed by atoms with Crippen molar-refractivity contribution < 1.29 is 9.18 Å². The van der Waals surface area contributed by atoms with Gasteiger partial charge in [0.1, 0.15) is 5.82 Å². The van der Waals surface area contributed by atoms with Crippen LogP contribution in [-0.4, -0.2) is 12.5 Å². The zero-order valence-electron chi connectivity index (χ0n) is 10.7. The van der Waals surface area contributed by atoms with Crippen LogP contribution in [0.1, 0.15) is 25.7 Å². The summed E-state index contributed by atoms with van der Waals surface area (Å²) in [5.41, 5.74) is 6.04. The molecule has 0 aromatic heterocycles. The molecule has 1 amide bonds. The molecule has 1 aromatic carbocycles. The standard InChI is InChI=1S/C14H18ClFN2O/c15-11-5-12(16)7-13(6-11)18-14(19)10-3-1-9(8-17)2-4-10/h5-7,9-10H,1-4,8,17H2,(H,18,19). The average Bonchev–Trinajstić information content (AvgIpc) is 2.37. The fourth-order valence-corrected chi connectivity index (χ4v) is 2.75. The highest BCUT2D eigenvalue weighted by Gasteiger charge is 2.25. The Morgan fingerprint density at radius 1 is 1.32 bits per heavy atom. The molecule has 2 rings (SSSR count). The number of amides is 1. The van der Waals surface area contributed by atoms with Crippen molar-refractivity contribution >= 4 is 23.2 Å². The third-order valence-electron chi connectivity index (χ3n) is 3.68. The second kappa shape index (κ2) is 6.35. The summed E-state index contributed by atoms with van der Waals surface area (Å²) < 4.78 is 13.2. The number of nitrogens with one attached hydrogen (secondary N) is 1. The van der Waals surface area contributed by atoms with Gasteiger partial charge in [-0.1, -0.05) is 11.6 Å². The van der Waals surface area contributed by atoms with Crippen LogP contribution in [0.15, 0.2) is 18.2 Å². The van der Waals surface area contributed by atoms with Crippen LogP contribution in [0.2, 0.25) is 5.02 Å². The summed E-state index contributed by atoms with van der Waals surface area (Å²) in [6.07, 6.45) is 3.66. The van der Waals surface area contributed by atoms with E-state index < -0.39 is 5.82 Å². The fraction of sp³-hybridized carbons (Fsp3) is 0.500. The summed E-state index contributed by atoms with van der Waals surface area (Å²) in [4.78, 5) is 12.1. The van der Waals surface area contributed by atoms with Gasteiger partial charge in [-0.3, -0.25) is 4.79 Å². The van der Waals surface area contributed by atoms with Crippen molar-refractivity contribution in [3.05, 3.63) is 29.0 Å². The second-order valence-corrected chi connectivity index (χ2v) is 5.54. The minimum absolute atomic E-state index is 0.00940. The van der Waals surface area contributed by atoms with E-state index in [0.29, 0.717) is 18.2 Å². The number of hydrogen-bond acceptors (Lipinski definition) is 2. The highest BCUT2D eigenvalue weighted by molar-refractivity contribution is 6.30. The summed E-state index contributed by atoms with van der Waals surface area (Å²) in [5, 5.41) is 3.01. The van der Waals surface area contributed by atoms with E-state index in [9.17, 15) is 9.18 Å². The number of rotatable bonds is 3. The topological polar surface area (TPSA) is 55.1 Å². The van der Waals surface area contributed by atoms with E-state index in [-0.39, 0.29) is 16.8 Å².